The normalized spacial score (nSPS) is 11.3. The Morgan fingerprint density at radius 2 is 0.921 bits per heavy atom. The van der Waals surface area contributed by atoms with E-state index in [-0.39, 0.29) is 58.5 Å². The number of aromatic hydroxyl groups is 2. The van der Waals surface area contributed by atoms with E-state index in [4.69, 9.17) is 18.8 Å². The molecule has 6 aromatic rings. The number of benzene rings is 4. The highest BCUT2D eigenvalue weighted by molar-refractivity contribution is 7.53. The molecule has 20 nitrogen and oxygen atoms in total. The number of amides is 2. The van der Waals surface area contributed by atoms with Gasteiger partial charge in [-0.15, -0.1) is 0 Å². The maximum absolute atomic E-state index is 13.1. The van der Waals surface area contributed by atoms with Gasteiger partial charge in [-0.05, 0) is 74.5 Å². The Kier molecular flexibility index (Phi) is 24.2. The van der Waals surface area contributed by atoms with Crippen LogP contribution in [0.4, 0.5) is 8.78 Å². The number of rotatable bonds is 22. The molecule has 412 valence electrons. The van der Waals surface area contributed by atoms with Crippen molar-refractivity contribution >= 4 is 27.0 Å². The number of nitrogens with one attached hydrogen (secondary N) is 2. The average Bonchev–Trinajstić information content (AvgIpc) is 3.36. The van der Waals surface area contributed by atoms with Crippen LogP contribution in [0.25, 0.3) is 22.8 Å². The molecule has 0 atom stereocenters. The molecule has 2 heterocycles. The van der Waals surface area contributed by atoms with Crippen LogP contribution < -0.4 is 21.8 Å². The van der Waals surface area contributed by atoms with Crippen LogP contribution in [0.2, 0.25) is 0 Å². The first kappa shape index (κ1) is 63.6. The van der Waals surface area contributed by atoms with Crippen LogP contribution in [0.5, 0.6) is 11.5 Å². The molecule has 6 rings (SSSR count). The molecule has 0 unspecified atom stereocenters. The van der Waals surface area contributed by atoms with Gasteiger partial charge in [-0.3, -0.25) is 37.4 Å². The predicted octanol–water partition coefficient (Wildman–Crippen LogP) is 7.02. The number of hydrogen-bond acceptors (Lipinski definition) is 14. The van der Waals surface area contributed by atoms with Crippen LogP contribution >= 0.6 is 15.2 Å². The highest BCUT2D eigenvalue weighted by Gasteiger charge is 2.25. The first-order valence-corrected chi connectivity index (χ1v) is 26.7. The van der Waals surface area contributed by atoms with Gasteiger partial charge in [0, 0.05) is 64.5 Å². The molecule has 76 heavy (non-hydrogen) atoms. The summed E-state index contributed by atoms with van der Waals surface area (Å²) in [5, 5.41) is 25.7. The Hall–Kier alpha value is -6.74. The van der Waals surface area contributed by atoms with E-state index in [9.17, 15) is 47.3 Å². The van der Waals surface area contributed by atoms with Crippen molar-refractivity contribution in [2.24, 2.45) is 14.1 Å². The summed E-state index contributed by atoms with van der Waals surface area (Å²) in [6.45, 7) is 6.03. The third-order valence-corrected chi connectivity index (χ3v) is 14.0. The van der Waals surface area contributed by atoms with Crippen LogP contribution in [-0.2, 0) is 58.5 Å². The van der Waals surface area contributed by atoms with Gasteiger partial charge in [-0.2, -0.15) is 0 Å². The minimum Gasteiger partial charge on any atom is -0.501 e. The van der Waals surface area contributed by atoms with Crippen LogP contribution in [0, 0.1) is 11.6 Å². The first-order chi connectivity index (χ1) is 35.0. The number of carbonyl (C=O) groups is 2. The van der Waals surface area contributed by atoms with Crippen molar-refractivity contribution in [3.8, 4) is 34.3 Å². The van der Waals surface area contributed by atoms with E-state index in [0.29, 0.717) is 55.1 Å². The van der Waals surface area contributed by atoms with Gasteiger partial charge in [0.15, 0.2) is 11.4 Å². The zero-order valence-electron chi connectivity index (χ0n) is 41.7. The first-order valence-electron chi connectivity index (χ1n) is 23.1. The van der Waals surface area contributed by atoms with Gasteiger partial charge < -0.3 is 49.5 Å². The topological polar surface area (TPSA) is 268 Å². The number of aromatic nitrogens is 4. The molecule has 0 radical (unpaired) electrons. The van der Waals surface area contributed by atoms with Crippen molar-refractivity contribution in [1.29, 1.82) is 0 Å². The second kappa shape index (κ2) is 29.0. The van der Waals surface area contributed by atoms with E-state index in [1.807, 2.05) is 24.1 Å². The van der Waals surface area contributed by atoms with Crippen molar-refractivity contribution in [1.82, 2.24) is 39.5 Å². The minimum atomic E-state index is -4.07. The van der Waals surface area contributed by atoms with Gasteiger partial charge in [0.05, 0.1) is 25.5 Å². The van der Waals surface area contributed by atoms with E-state index in [1.54, 1.807) is 62.2 Å². The highest BCUT2D eigenvalue weighted by atomic mass is 31.2. The fourth-order valence-electron chi connectivity index (χ4n) is 7.20. The Bertz CT molecular complexity index is 3090. The predicted molar refractivity (Wildman–Crippen MR) is 287 cm³/mol. The van der Waals surface area contributed by atoms with E-state index >= 15 is 0 Å². The summed E-state index contributed by atoms with van der Waals surface area (Å²) in [6, 6.07) is 25.3. The maximum atomic E-state index is 13.1. The Morgan fingerprint density at radius 3 is 1.25 bits per heavy atom. The van der Waals surface area contributed by atoms with Crippen molar-refractivity contribution < 1.29 is 56.5 Å². The lowest BCUT2D eigenvalue weighted by molar-refractivity contribution is 0.0934. The van der Waals surface area contributed by atoms with Gasteiger partial charge in [0.1, 0.15) is 23.3 Å². The molecular weight excluding hydrogens is 1030 g/mol. The minimum absolute atomic E-state index is 0. The Labute approximate surface area is 440 Å². The zero-order chi connectivity index (χ0) is 54.3. The summed E-state index contributed by atoms with van der Waals surface area (Å²) in [4.78, 5) is 80.9. The van der Waals surface area contributed by atoms with Crippen LogP contribution in [0.1, 0.15) is 71.9 Å². The summed E-state index contributed by atoms with van der Waals surface area (Å²) >= 11 is 0. The lowest BCUT2D eigenvalue weighted by Gasteiger charge is -2.21. The van der Waals surface area contributed by atoms with Crippen LogP contribution in [0.3, 0.4) is 0 Å². The standard InChI is InChI=1S/C27H34FN4O6P.C23H26FN4O6P.2CH4/c1-5-37-39(36,38-6-2)16-15-31(3)18-20-7-11-21(12-8-20)25-30-23(24(33)27(35)32(25)4)26(34)29-17-19-9-13-22(28)14-10-19;1-27(11-12-35(32,33)34)14-16-3-7-17(8-4-16)21-26-19(20(29)23(31)28(21)2)22(30)25-13-15-5-9-18(24)10-6-15;;/h7-14,33H,5-6,15-18H2,1-4H3,(H,29,34);3-10,29H,11-14H2,1-2H3,(H,25,30)(H2,32,33,34);2*1H4. The van der Waals surface area contributed by atoms with E-state index < -0.39 is 72.6 Å². The zero-order valence-corrected chi connectivity index (χ0v) is 43.5. The van der Waals surface area contributed by atoms with Crippen LogP contribution in [0.15, 0.2) is 107 Å². The van der Waals surface area contributed by atoms with Crippen molar-refractivity contribution in [2.75, 3.05) is 52.7 Å². The molecule has 0 aliphatic rings. The third kappa shape index (κ3) is 18.2. The highest BCUT2D eigenvalue weighted by Crippen LogP contribution is 2.47. The number of carbonyl (C=O) groups excluding carboxylic acids is 2. The average molecular weight is 1100 g/mol. The van der Waals surface area contributed by atoms with Crippen molar-refractivity contribution in [3.63, 3.8) is 0 Å². The third-order valence-electron chi connectivity index (χ3n) is 11.2. The molecular formula is C52H68F2N8O12P2. The van der Waals surface area contributed by atoms with Gasteiger partial charge in [0.25, 0.3) is 22.9 Å². The number of halogens is 2. The summed E-state index contributed by atoms with van der Waals surface area (Å²) < 4.78 is 62.9. The fraction of sp³-hybridized carbons (Fsp3) is 0.346. The van der Waals surface area contributed by atoms with Gasteiger partial charge in [-0.1, -0.05) is 87.6 Å². The molecule has 2 amide bonds. The van der Waals surface area contributed by atoms with Crippen molar-refractivity contribution in [3.05, 3.63) is 163 Å². The summed E-state index contributed by atoms with van der Waals surface area (Å²) in [5.74, 6) is -3.45. The second-order valence-corrected chi connectivity index (χ2v) is 21.0. The molecule has 2 aromatic heterocycles. The molecule has 0 saturated heterocycles. The van der Waals surface area contributed by atoms with Crippen LogP contribution in [-0.4, -0.2) is 113 Å². The number of nitrogens with zero attached hydrogens (tertiary/aromatic N) is 6. The molecule has 24 heteroatoms. The monoisotopic (exact) mass is 1100 g/mol. The summed E-state index contributed by atoms with van der Waals surface area (Å²) in [5.41, 5.74) is 1.83. The molecule has 0 bridgehead atoms. The molecule has 6 N–H and O–H groups in total. The molecule has 0 fully saturated rings. The molecule has 0 aliphatic carbocycles. The smallest absolute Gasteiger partial charge is 0.331 e. The number of hydrogen-bond donors (Lipinski definition) is 6. The molecule has 0 saturated carbocycles. The largest absolute Gasteiger partial charge is 0.501 e. The van der Waals surface area contributed by atoms with Gasteiger partial charge in [0.2, 0.25) is 11.5 Å². The van der Waals surface area contributed by atoms with E-state index in [1.165, 1.54) is 67.2 Å². The van der Waals surface area contributed by atoms with E-state index in [2.05, 4.69) is 20.6 Å². The lowest BCUT2D eigenvalue weighted by Crippen LogP contribution is -2.29. The van der Waals surface area contributed by atoms with Gasteiger partial charge in [-0.25, -0.2) is 18.7 Å². The Balaban J connectivity index is 0.000000392. The Morgan fingerprint density at radius 1 is 0.592 bits per heavy atom. The molecule has 0 spiro atoms. The second-order valence-electron chi connectivity index (χ2n) is 17.0. The fourth-order valence-corrected chi connectivity index (χ4v) is 9.51. The summed E-state index contributed by atoms with van der Waals surface area (Å²) in [7, 11) is -0.676. The lowest BCUT2D eigenvalue weighted by atomic mass is 10.1. The quantitative estimate of drug-likeness (QED) is 0.0373. The van der Waals surface area contributed by atoms with Gasteiger partial charge >= 0.3 is 15.2 Å². The molecule has 0 aliphatic heterocycles. The summed E-state index contributed by atoms with van der Waals surface area (Å²) in [6.07, 6.45) is 0.0297. The SMILES string of the molecule is C.C.CCOP(=O)(CCN(C)Cc1ccc(-c2nc(C(=O)NCc3ccc(F)cc3)c(O)c(=O)n2C)cc1)OCC.CN(CCP(=O)(O)O)Cc1ccc(-c2nc(C(=O)NCc3ccc(F)cc3)c(O)c(=O)n2C)cc1. The maximum Gasteiger partial charge on any atom is 0.331 e. The van der Waals surface area contributed by atoms with E-state index in [0.717, 1.165) is 15.7 Å². The van der Waals surface area contributed by atoms with Crippen molar-refractivity contribution in [2.45, 2.75) is 54.9 Å². The molecule has 4 aromatic carbocycles.